The van der Waals surface area contributed by atoms with Gasteiger partial charge in [-0.2, -0.15) is 12.6 Å². The minimum absolute atomic E-state index is 0.0349. The Balaban J connectivity index is -0.000000816. The van der Waals surface area contributed by atoms with Crippen molar-refractivity contribution in [2.24, 2.45) is 5.73 Å². The number of aliphatic hydroxyl groups is 1. The lowest BCUT2D eigenvalue weighted by Gasteiger charge is -2.18. The number of aliphatic carboxylic acids is 1. The minimum Gasteiger partial charge on any atom is -0.480 e. The number of unbranched alkanes of at least 4 members (excludes halogenated alkanes) is 1. The predicted molar refractivity (Wildman–Crippen MR) is 145 cm³/mol. The summed E-state index contributed by atoms with van der Waals surface area (Å²) >= 11 is 4.10. The Kier molecular flexibility index (Phi) is 31.9. The molecule has 0 aliphatic rings. The van der Waals surface area contributed by atoms with E-state index >= 15 is 0 Å². The van der Waals surface area contributed by atoms with E-state index in [-0.39, 0.29) is 6.04 Å². The third-order valence-corrected chi connectivity index (χ3v) is 4.40. The van der Waals surface area contributed by atoms with E-state index in [1.54, 1.807) is 0 Å². The number of aliphatic hydroxyl groups excluding tert-OH is 1. The van der Waals surface area contributed by atoms with Crippen LogP contribution in [0.2, 0.25) is 0 Å². The Morgan fingerprint density at radius 3 is 2.09 bits per heavy atom. The third-order valence-electron chi connectivity index (χ3n) is 3.93. The van der Waals surface area contributed by atoms with Crippen molar-refractivity contribution in [1.29, 1.82) is 0 Å². The van der Waals surface area contributed by atoms with Crippen molar-refractivity contribution in [3.05, 3.63) is 35.9 Å². The van der Waals surface area contributed by atoms with E-state index in [4.69, 9.17) is 20.7 Å². The summed E-state index contributed by atoms with van der Waals surface area (Å²) in [6, 6.07) is 9.39. The summed E-state index contributed by atoms with van der Waals surface area (Å²) in [6.45, 7) is 11.7. The number of rotatable bonds is 14. The molecule has 0 aromatic heterocycles. The summed E-state index contributed by atoms with van der Waals surface area (Å²) in [4.78, 5) is 22.7. The molecule has 9 heteroatoms. The minimum atomic E-state index is -1.09. The third kappa shape index (κ3) is 26.6. The predicted octanol–water partition coefficient (Wildman–Crippen LogP) is 2.88. The van der Waals surface area contributed by atoms with Crippen molar-refractivity contribution in [2.45, 2.75) is 72.4 Å². The standard InChI is InChI=1S/C16H25N3O4S.C4H10.C3H8O.C2H6/c17-13(11-24)9-18-6-7-23-14(16(22)19-10-15(20)21)8-12-4-2-1-3-5-12;1-3-4-2;1-2-3-4;1-2/h1-5,13-14,18,24H,6-11,17H2,(H,19,22)(H,20,21);3-4H2,1-2H3;4H,2-3H2,1H3;1-2H3. The second-order valence-electron chi connectivity index (χ2n) is 7.03. The molecule has 0 bridgehead atoms. The zero-order chi connectivity index (χ0) is 26.6. The van der Waals surface area contributed by atoms with Crippen molar-refractivity contribution < 1.29 is 24.5 Å². The first kappa shape index (κ1) is 36.9. The normalized spacial score (nSPS) is 11.3. The van der Waals surface area contributed by atoms with E-state index in [0.717, 1.165) is 12.0 Å². The molecule has 200 valence electrons. The van der Waals surface area contributed by atoms with E-state index in [1.165, 1.54) is 12.8 Å². The van der Waals surface area contributed by atoms with E-state index in [2.05, 4.69) is 37.1 Å². The number of benzene rings is 1. The fourth-order valence-corrected chi connectivity index (χ4v) is 2.09. The van der Waals surface area contributed by atoms with Crippen LogP contribution in [-0.4, -0.2) is 72.8 Å². The Morgan fingerprint density at radius 2 is 1.65 bits per heavy atom. The van der Waals surface area contributed by atoms with Crippen LogP contribution < -0.4 is 16.4 Å². The molecule has 8 nitrogen and oxygen atoms in total. The van der Waals surface area contributed by atoms with Crippen LogP contribution in [-0.2, 0) is 20.7 Å². The topological polar surface area (TPSA) is 134 Å². The molecule has 0 aliphatic carbocycles. The van der Waals surface area contributed by atoms with Gasteiger partial charge in [-0.1, -0.05) is 77.8 Å². The zero-order valence-corrected chi connectivity index (χ0v) is 22.7. The lowest BCUT2D eigenvalue weighted by molar-refractivity contribution is -0.140. The van der Waals surface area contributed by atoms with Crippen LogP contribution in [0.15, 0.2) is 30.3 Å². The fraction of sp³-hybridized carbons (Fsp3) is 0.680. The van der Waals surface area contributed by atoms with Gasteiger partial charge in [0.1, 0.15) is 12.6 Å². The van der Waals surface area contributed by atoms with Crippen molar-refractivity contribution in [1.82, 2.24) is 10.6 Å². The highest BCUT2D eigenvalue weighted by molar-refractivity contribution is 7.80. The Bertz CT molecular complexity index is 557. The molecule has 1 rings (SSSR count). The van der Waals surface area contributed by atoms with E-state index in [1.807, 2.05) is 51.1 Å². The summed E-state index contributed by atoms with van der Waals surface area (Å²) in [7, 11) is 0. The van der Waals surface area contributed by atoms with Gasteiger partial charge in [0.2, 0.25) is 5.91 Å². The molecule has 2 atom stereocenters. The van der Waals surface area contributed by atoms with Gasteiger partial charge < -0.3 is 31.3 Å². The number of hydrogen-bond donors (Lipinski definition) is 6. The number of carbonyl (C=O) groups excluding carboxylic acids is 1. The number of thiol groups is 1. The van der Waals surface area contributed by atoms with Crippen molar-refractivity contribution in [3.8, 4) is 0 Å². The Labute approximate surface area is 212 Å². The van der Waals surface area contributed by atoms with E-state index in [0.29, 0.717) is 38.5 Å². The highest BCUT2D eigenvalue weighted by Crippen LogP contribution is 2.06. The molecule has 2 unspecified atom stereocenters. The first-order valence-electron chi connectivity index (χ1n) is 12.2. The molecule has 1 amide bonds. The fourth-order valence-electron chi connectivity index (χ4n) is 1.96. The molecule has 0 saturated heterocycles. The Hall–Kier alpha value is -1.65. The quantitative estimate of drug-likeness (QED) is 0.170. The summed E-state index contributed by atoms with van der Waals surface area (Å²) < 4.78 is 5.63. The highest BCUT2D eigenvalue weighted by atomic mass is 32.1. The zero-order valence-electron chi connectivity index (χ0n) is 21.8. The smallest absolute Gasteiger partial charge is 0.322 e. The van der Waals surface area contributed by atoms with Crippen molar-refractivity contribution in [3.63, 3.8) is 0 Å². The van der Waals surface area contributed by atoms with Gasteiger partial charge in [0.15, 0.2) is 0 Å². The van der Waals surface area contributed by atoms with Gasteiger partial charge in [0, 0.05) is 37.9 Å². The van der Waals surface area contributed by atoms with Crippen LogP contribution in [0.25, 0.3) is 0 Å². The van der Waals surface area contributed by atoms with Gasteiger partial charge in [-0.05, 0) is 12.0 Å². The molecule has 6 N–H and O–H groups in total. The second kappa shape index (κ2) is 29.4. The van der Waals surface area contributed by atoms with E-state index < -0.39 is 24.5 Å². The Morgan fingerprint density at radius 1 is 1.09 bits per heavy atom. The number of amides is 1. The maximum absolute atomic E-state index is 12.1. The van der Waals surface area contributed by atoms with Crippen LogP contribution in [0.3, 0.4) is 0 Å². The van der Waals surface area contributed by atoms with Crippen LogP contribution in [0.1, 0.15) is 59.4 Å². The maximum atomic E-state index is 12.1. The molecule has 34 heavy (non-hydrogen) atoms. The van der Waals surface area contributed by atoms with Crippen LogP contribution >= 0.6 is 12.6 Å². The molecular weight excluding hydrogens is 454 g/mol. The molecule has 0 aliphatic heterocycles. The largest absolute Gasteiger partial charge is 0.480 e. The molecule has 0 radical (unpaired) electrons. The molecule has 0 fully saturated rings. The summed E-state index contributed by atoms with van der Waals surface area (Å²) in [6.07, 6.45) is 3.15. The molecule has 0 spiro atoms. The van der Waals surface area contributed by atoms with Gasteiger partial charge in [-0.3, -0.25) is 9.59 Å². The van der Waals surface area contributed by atoms with Gasteiger partial charge in [-0.15, -0.1) is 0 Å². The molecule has 0 heterocycles. The van der Waals surface area contributed by atoms with Crippen molar-refractivity contribution >= 4 is 24.5 Å². The number of carboxylic acids is 1. The number of ether oxygens (including phenoxy) is 1. The second-order valence-corrected chi connectivity index (χ2v) is 7.40. The summed E-state index contributed by atoms with van der Waals surface area (Å²) in [5, 5.41) is 22.0. The molecule has 1 aromatic carbocycles. The number of carboxylic acid groups (broad SMARTS) is 1. The SMILES string of the molecule is CC.CCCC.CCCO.NC(CS)CNCCOC(Cc1ccccc1)C(=O)NCC(=O)O. The summed E-state index contributed by atoms with van der Waals surface area (Å²) in [5.41, 5.74) is 6.68. The lowest BCUT2D eigenvalue weighted by atomic mass is 10.1. The van der Waals surface area contributed by atoms with Gasteiger partial charge >= 0.3 is 5.97 Å². The monoisotopic (exact) mass is 503 g/mol. The lowest BCUT2D eigenvalue weighted by Crippen LogP contribution is -2.42. The van der Waals surface area contributed by atoms with Crippen LogP contribution in [0, 0.1) is 0 Å². The molecule has 0 saturated carbocycles. The molecular formula is C25H49N3O5S. The maximum Gasteiger partial charge on any atom is 0.322 e. The van der Waals surface area contributed by atoms with Gasteiger partial charge in [0.05, 0.1) is 6.61 Å². The van der Waals surface area contributed by atoms with E-state index in [9.17, 15) is 9.59 Å². The average Bonchev–Trinajstić information content (AvgIpc) is 2.88. The van der Waals surface area contributed by atoms with Gasteiger partial charge in [-0.25, -0.2) is 0 Å². The first-order valence-corrected chi connectivity index (χ1v) is 12.8. The average molecular weight is 504 g/mol. The van der Waals surface area contributed by atoms with Gasteiger partial charge in [0.25, 0.3) is 0 Å². The van der Waals surface area contributed by atoms with Crippen LogP contribution in [0.5, 0.6) is 0 Å². The highest BCUT2D eigenvalue weighted by Gasteiger charge is 2.20. The number of carbonyl (C=O) groups is 2. The number of nitrogens with one attached hydrogen (secondary N) is 2. The van der Waals surface area contributed by atoms with Crippen molar-refractivity contribution in [2.75, 3.05) is 38.6 Å². The number of nitrogens with two attached hydrogens (primary N) is 1. The molecule has 1 aromatic rings. The van der Waals surface area contributed by atoms with Crippen LogP contribution in [0.4, 0.5) is 0 Å². The first-order chi connectivity index (χ1) is 16.4. The number of hydrogen-bond acceptors (Lipinski definition) is 7. The summed E-state index contributed by atoms with van der Waals surface area (Å²) in [5.74, 6) is -0.945.